The summed E-state index contributed by atoms with van der Waals surface area (Å²) in [4.78, 5) is 36.7. The van der Waals surface area contributed by atoms with Crippen molar-refractivity contribution in [1.29, 1.82) is 0 Å². The number of rotatable bonds is 12. The first-order valence-corrected chi connectivity index (χ1v) is 13.7. The van der Waals surface area contributed by atoms with Gasteiger partial charge in [-0.25, -0.2) is 4.98 Å². The van der Waals surface area contributed by atoms with E-state index in [-0.39, 0.29) is 18.4 Å². The third kappa shape index (κ3) is 8.28. The fraction of sp³-hybridized carbons (Fsp3) is 0.267. The molecular formula is C30H33N5O3S. The molecule has 0 radical (unpaired) electrons. The molecule has 3 N–H and O–H groups in total. The van der Waals surface area contributed by atoms with E-state index in [1.165, 1.54) is 11.3 Å². The molecule has 2 heterocycles. The van der Waals surface area contributed by atoms with Crippen LogP contribution >= 0.6 is 11.3 Å². The van der Waals surface area contributed by atoms with Crippen molar-refractivity contribution in [2.75, 3.05) is 13.6 Å². The second kappa shape index (κ2) is 13.7. The molecule has 4 rings (SSSR count). The maximum absolute atomic E-state index is 13.3. The van der Waals surface area contributed by atoms with Gasteiger partial charge in [-0.2, -0.15) is 0 Å². The molecule has 0 aliphatic rings. The Labute approximate surface area is 232 Å². The second-order valence-corrected chi connectivity index (χ2v) is 10.4. The van der Waals surface area contributed by atoms with Gasteiger partial charge in [-0.05, 0) is 49.2 Å². The van der Waals surface area contributed by atoms with Crippen molar-refractivity contribution < 1.29 is 14.7 Å². The van der Waals surface area contributed by atoms with Gasteiger partial charge in [0.25, 0.3) is 11.8 Å². The summed E-state index contributed by atoms with van der Waals surface area (Å²) < 4.78 is 0. The Morgan fingerprint density at radius 1 is 1.03 bits per heavy atom. The minimum absolute atomic E-state index is 0.197. The zero-order chi connectivity index (χ0) is 27.6. The number of aryl methyl sites for hydroxylation is 1. The van der Waals surface area contributed by atoms with Crippen molar-refractivity contribution in [3.8, 4) is 0 Å². The number of aliphatic hydroxyl groups is 1. The lowest BCUT2D eigenvalue weighted by atomic mass is 10.00. The Hall–Kier alpha value is -3.92. The largest absolute Gasteiger partial charge is 0.390 e. The van der Waals surface area contributed by atoms with E-state index in [0.29, 0.717) is 30.6 Å². The number of aromatic nitrogens is 2. The first-order chi connectivity index (χ1) is 18.9. The Morgan fingerprint density at radius 2 is 1.79 bits per heavy atom. The first-order valence-electron chi connectivity index (χ1n) is 12.8. The molecule has 0 aliphatic heterocycles. The van der Waals surface area contributed by atoms with Crippen LogP contribution in [0.4, 0.5) is 0 Å². The predicted octanol–water partition coefficient (Wildman–Crippen LogP) is 3.61. The van der Waals surface area contributed by atoms with Crippen molar-refractivity contribution in [2.45, 2.75) is 38.6 Å². The molecule has 8 nitrogen and oxygen atoms in total. The molecule has 4 aromatic rings. The van der Waals surface area contributed by atoms with E-state index in [0.717, 1.165) is 22.0 Å². The van der Waals surface area contributed by atoms with Crippen LogP contribution in [-0.4, -0.2) is 57.5 Å². The van der Waals surface area contributed by atoms with Gasteiger partial charge in [0, 0.05) is 48.5 Å². The third-order valence-corrected chi connectivity index (χ3v) is 7.17. The summed E-state index contributed by atoms with van der Waals surface area (Å²) in [5.74, 6) is -0.551. The fourth-order valence-electron chi connectivity index (χ4n) is 4.16. The van der Waals surface area contributed by atoms with E-state index >= 15 is 0 Å². The van der Waals surface area contributed by atoms with Gasteiger partial charge in [0.15, 0.2) is 0 Å². The van der Waals surface area contributed by atoms with E-state index in [2.05, 4.69) is 20.6 Å². The summed E-state index contributed by atoms with van der Waals surface area (Å²) in [6.07, 6.45) is 1.33. The maximum Gasteiger partial charge on any atom is 0.253 e. The molecule has 0 unspecified atom stereocenters. The minimum atomic E-state index is -0.851. The minimum Gasteiger partial charge on any atom is -0.390 e. The van der Waals surface area contributed by atoms with E-state index in [1.807, 2.05) is 60.8 Å². The number of hydrogen-bond donors (Lipinski definition) is 3. The van der Waals surface area contributed by atoms with Gasteiger partial charge in [0.2, 0.25) is 0 Å². The summed E-state index contributed by atoms with van der Waals surface area (Å²) in [5.41, 5.74) is 3.55. The highest BCUT2D eigenvalue weighted by atomic mass is 32.1. The first kappa shape index (κ1) is 28.1. The topological polar surface area (TPSA) is 107 Å². The number of thiazole rings is 1. The number of aliphatic hydroxyl groups excluding tert-OH is 1. The molecular weight excluding hydrogens is 510 g/mol. The number of nitrogens with zero attached hydrogens (tertiary/aromatic N) is 3. The van der Waals surface area contributed by atoms with E-state index < -0.39 is 12.1 Å². The van der Waals surface area contributed by atoms with Crippen molar-refractivity contribution in [3.63, 3.8) is 0 Å². The monoisotopic (exact) mass is 543 g/mol. The number of pyridine rings is 1. The Balaban J connectivity index is 1.42. The van der Waals surface area contributed by atoms with Crippen LogP contribution in [0.25, 0.3) is 0 Å². The number of amides is 2. The summed E-state index contributed by atoms with van der Waals surface area (Å²) in [7, 11) is 1.72. The van der Waals surface area contributed by atoms with Crippen LogP contribution in [0, 0.1) is 6.92 Å². The molecule has 2 aromatic heterocycles. The van der Waals surface area contributed by atoms with E-state index in [9.17, 15) is 14.7 Å². The van der Waals surface area contributed by atoms with Crippen LogP contribution in [0.1, 0.15) is 42.7 Å². The van der Waals surface area contributed by atoms with Crippen molar-refractivity contribution in [2.24, 2.45) is 0 Å². The van der Waals surface area contributed by atoms with Crippen LogP contribution in [0.3, 0.4) is 0 Å². The SMILES string of the molecule is Cc1csc(CN(C)C(=O)c2cccc(C(=O)N[C@@H](Cc3ccccc3)[C@H](O)CNCc3ccccn3)c2)n1. The zero-order valence-electron chi connectivity index (χ0n) is 22.1. The van der Waals surface area contributed by atoms with E-state index in [1.54, 1.807) is 42.4 Å². The molecule has 0 saturated carbocycles. The summed E-state index contributed by atoms with van der Waals surface area (Å²) in [6, 6.07) is 21.5. The quantitative estimate of drug-likeness (QED) is 0.252. The average molecular weight is 544 g/mol. The number of carbonyl (C=O) groups excluding carboxylic acids is 2. The van der Waals surface area contributed by atoms with Crippen LogP contribution in [0.15, 0.2) is 84.4 Å². The standard InChI is InChI=1S/C30H33N5O3S/c1-21-20-39-28(33-21)19-35(2)30(38)24-12-8-11-23(16-24)29(37)34-26(15-22-9-4-3-5-10-22)27(36)18-31-17-25-13-6-7-14-32-25/h3-14,16,20,26-27,31,36H,15,17-19H2,1-2H3,(H,34,37)/t26-,27+/m0/s1. The van der Waals surface area contributed by atoms with E-state index in [4.69, 9.17) is 0 Å². The Bertz CT molecular complexity index is 1360. The molecule has 202 valence electrons. The number of hydrogen-bond acceptors (Lipinski definition) is 7. The fourth-order valence-corrected chi connectivity index (χ4v) is 4.98. The lowest BCUT2D eigenvalue weighted by Gasteiger charge is -2.25. The lowest BCUT2D eigenvalue weighted by Crippen LogP contribution is -2.48. The maximum atomic E-state index is 13.3. The number of carbonyl (C=O) groups is 2. The number of nitrogens with one attached hydrogen (secondary N) is 2. The van der Waals surface area contributed by atoms with Gasteiger partial charge in [-0.1, -0.05) is 42.5 Å². The highest BCUT2D eigenvalue weighted by molar-refractivity contribution is 7.09. The molecule has 2 aromatic carbocycles. The predicted molar refractivity (Wildman–Crippen MR) is 152 cm³/mol. The van der Waals surface area contributed by atoms with Crippen LogP contribution < -0.4 is 10.6 Å². The van der Waals surface area contributed by atoms with Crippen molar-refractivity contribution >= 4 is 23.2 Å². The highest BCUT2D eigenvalue weighted by Crippen LogP contribution is 2.15. The summed E-state index contributed by atoms with van der Waals surface area (Å²) >= 11 is 1.51. The van der Waals surface area contributed by atoms with Crippen LogP contribution in [0.5, 0.6) is 0 Å². The molecule has 0 spiro atoms. The average Bonchev–Trinajstić information content (AvgIpc) is 3.37. The molecule has 0 aliphatic carbocycles. The molecule has 0 bridgehead atoms. The highest BCUT2D eigenvalue weighted by Gasteiger charge is 2.23. The normalized spacial score (nSPS) is 12.5. The van der Waals surface area contributed by atoms with Crippen molar-refractivity contribution in [1.82, 2.24) is 25.5 Å². The van der Waals surface area contributed by atoms with Crippen LogP contribution in [-0.2, 0) is 19.5 Å². The lowest BCUT2D eigenvalue weighted by molar-refractivity contribution is 0.0784. The summed E-state index contributed by atoms with van der Waals surface area (Å²) in [5, 5.41) is 20.1. The molecule has 39 heavy (non-hydrogen) atoms. The Morgan fingerprint density at radius 3 is 2.51 bits per heavy atom. The molecule has 9 heteroatoms. The van der Waals surface area contributed by atoms with Crippen molar-refractivity contribution in [3.05, 3.63) is 117 Å². The van der Waals surface area contributed by atoms with Gasteiger partial charge in [0.05, 0.1) is 24.4 Å². The number of benzene rings is 2. The van der Waals surface area contributed by atoms with Gasteiger partial charge in [-0.3, -0.25) is 14.6 Å². The molecule has 2 amide bonds. The van der Waals surface area contributed by atoms with Gasteiger partial charge < -0.3 is 20.6 Å². The Kier molecular flexibility index (Phi) is 9.91. The molecule has 2 atom stereocenters. The zero-order valence-corrected chi connectivity index (χ0v) is 22.9. The summed E-state index contributed by atoms with van der Waals surface area (Å²) in [6.45, 7) is 3.09. The van der Waals surface area contributed by atoms with Gasteiger partial charge >= 0.3 is 0 Å². The van der Waals surface area contributed by atoms with Gasteiger partial charge in [-0.15, -0.1) is 11.3 Å². The van der Waals surface area contributed by atoms with Gasteiger partial charge in [0.1, 0.15) is 5.01 Å². The second-order valence-electron chi connectivity index (χ2n) is 9.41. The third-order valence-electron chi connectivity index (χ3n) is 6.22. The molecule has 0 fully saturated rings. The smallest absolute Gasteiger partial charge is 0.253 e. The van der Waals surface area contributed by atoms with Crippen LogP contribution in [0.2, 0.25) is 0 Å². The molecule has 0 saturated heterocycles.